The Morgan fingerprint density at radius 3 is 2.95 bits per heavy atom. The van der Waals surface area contributed by atoms with Crippen molar-refractivity contribution >= 4 is 17.5 Å². The Hall–Kier alpha value is -1.16. The van der Waals surface area contributed by atoms with Crippen molar-refractivity contribution in [1.29, 1.82) is 0 Å². The predicted molar refractivity (Wildman–Crippen MR) is 72.6 cm³/mol. The number of rotatable bonds is 2. The molecule has 0 aliphatic heterocycles. The second-order valence-corrected chi connectivity index (χ2v) is 5.67. The van der Waals surface area contributed by atoms with Gasteiger partial charge in [0, 0.05) is 12.2 Å². The number of pyridine rings is 1. The number of carbonyl (C=O) groups excluding carboxylic acids is 1. The molecule has 3 atom stereocenters. The van der Waals surface area contributed by atoms with Gasteiger partial charge in [-0.05, 0) is 24.3 Å². The summed E-state index contributed by atoms with van der Waals surface area (Å²) >= 11 is 5.59. The van der Waals surface area contributed by atoms with Crippen LogP contribution in [-0.2, 0) is 0 Å². The highest BCUT2D eigenvalue weighted by Gasteiger charge is 2.29. The second kappa shape index (κ2) is 5.87. The minimum Gasteiger partial charge on any atom is -0.349 e. The zero-order valence-electron chi connectivity index (χ0n) is 11.1. The van der Waals surface area contributed by atoms with Crippen molar-refractivity contribution in [2.45, 2.75) is 39.2 Å². The molecule has 0 bridgehead atoms. The van der Waals surface area contributed by atoms with E-state index in [4.69, 9.17) is 11.6 Å². The lowest BCUT2D eigenvalue weighted by atomic mass is 9.78. The van der Waals surface area contributed by atoms with Gasteiger partial charge in [-0.3, -0.25) is 4.79 Å². The van der Waals surface area contributed by atoms with Crippen LogP contribution in [0.25, 0.3) is 0 Å². The van der Waals surface area contributed by atoms with Crippen LogP contribution in [0.15, 0.2) is 12.3 Å². The summed E-state index contributed by atoms with van der Waals surface area (Å²) in [5, 5.41) is 2.65. The minimum atomic E-state index is -0.752. The van der Waals surface area contributed by atoms with E-state index in [1.807, 2.05) is 0 Å². The van der Waals surface area contributed by atoms with Gasteiger partial charge in [0.05, 0.1) is 5.56 Å². The molecule has 5 heteroatoms. The summed E-state index contributed by atoms with van der Waals surface area (Å²) in [6.45, 7) is 4.32. The maximum absolute atomic E-state index is 13.7. The fourth-order valence-corrected chi connectivity index (χ4v) is 2.78. The van der Waals surface area contributed by atoms with Gasteiger partial charge in [0.25, 0.3) is 5.91 Å². The Bertz CT molecular complexity index is 481. The highest BCUT2D eigenvalue weighted by atomic mass is 35.5. The van der Waals surface area contributed by atoms with Gasteiger partial charge < -0.3 is 5.32 Å². The lowest BCUT2D eigenvalue weighted by molar-refractivity contribution is 0.0887. The third kappa shape index (κ3) is 3.06. The monoisotopic (exact) mass is 284 g/mol. The number of nitrogens with one attached hydrogen (secondary N) is 1. The van der Waals surface area contributed by atoms with Crippen LogP contribution < -0.4 is 5.32 Å². The SMILES string of the molecule is CC1CCCC(NC(=O)c2ccnc(Cl)c2F)C1C. The maximum atomic E-state index is 13.7. The average molecular weight is 285 g/mol. The summed E-state index contributed by atoms with van der Waals surface area (Å²) < 4.78 is 13.7. The molecule has 1 aliphatic rings. The molecule has 1 heterocycles. The Morgan fingerprint density at radius 2 is 2.21 bits per heavy atom. The molecular weight excluding hydrogens is 267 g/mol. The summed E-state index contributed by atoms with van der Waals surface area (Å²) in [5.41, 5.74) is -0.0366. The average Bonchev–Trinajstić information content (AvgIpc) is 2.38. The van der Waals surface area contributed by atoms with Crippen LogP contribution in [0, 0.1) is 17.7 Å². The van der Waals surface area contributed by atoms with E-state index in [-0.39, 0.29) is 16.8 Å². The van der Waals surface area contributed by atoms with Crippen molar-refractivity contribution in [2.24, 2.45) is 11.8 Å². The third-order valence-electron chi connectivity index (χ3n) is 4.11. The molecule has 1 saturated carbocycles. The van der Waals surface area contributed by atoms with Gasteiger partial charge in [0.1, 0.15) is 0 Å². The van der Waals surface area contributed by atoms with Crippen LogP contribution in [0.2, 0.25) is 5.15 Å². The largest absolute Gasteiger partial charge is 0.349 e. The molecule has 0 radical (unpaired) electrons. The Morgan fingerprint density at radius 1 is 1.47 bits per heavy atom. The summed E-state index contributed by atoms with van der Waals surface area (Å²) in [6, 6.07) is 1.45. The molecule has 104 valence electrons. The van der Waals surface area contributed by atoms with Crippen LogP contribution in [0.4, 0.5) is 4.39 Å². The standard InChI is InChI=1S/C14H18ClFN2O/c1-8-4-3-5-11(9(8)2)18-14(19)10-6-7-17-13(15)12(10)16/h6-9,11H,3-5H2,1-2H3,(H,18,19). The fraction of sp³-hybridized carbons (Fsp3) is 0.571. The van der Waals surface area contributed by atoms with E-state index >= 15 is 0 Å². The highest BCUT2D eigenvalue weighted by molar-refractivity contribution is 6.29. The minimum absolute atomic E-state index is 0.0366. The first kappa shape index (κ1) is 14.3. The number of aromatic nitrogens is 1. The highest BCUT2D eigenvalue weighted by Crippen LogP contribution is 2.29. The quantitative estimate of drug-likeness (QED) is 0.846. The second-order valence-electron chi connectivity index (χ2n) is 5.31. The molecule has 1 aromatic rings. The van der Waals surface area contributed by atoms with E-state index < -0.39 is 11.7 Å². The van der Waals surface area contributed by atoms with Crippen LogP contribution >= 0.6 is 11.6 Å². The van der Waals surface area contributed by atoms with Crippen molar-refractivity contribution < 1.29 is 9.18 Å². The van der Waals surface area contributed by atoms with E-state index in [0.29, 0.717) is 11.8 Å². The topological polar surface area (TPSA) is 42.0 Å². The van der Waals surface area contributed by atoms with Crippen LogP contribution in [0.1, 0.15) is 43.5 Å². The predicted octanol–water partition coefficient (Wildman–Crippen LogP) is 3.43. The van der Waals surface area contributed by atoms with Crippen molar-refractivity contribution in [3.05, 3.63) is 28.8 Å². The van der Waals surface area contributed by atoms with Crippen molar-refractivity contribution in [3.8, 4) is 0 Å². The Balaban J connectivity index is 2.10. The van der Waals surface area contributed by atoms with Gasteiger partial charge in [0.2, 0.25) is 0 Å². The molecule has 1 aromatic heterocycles. The number of nitrogens with zero attached hydrogens (tertiary/aromatic N) is 1. The Kier molecular flexibility index (Phi) is 4.40. The van der Waals surface area contributed by atoms with E-state index in [9.17, 15) is 9.18 Å². The van der Waals surface area contributed by atoms with Gasteiger partial charge >= 0.3 is 0 Å². The summed E-state index contributed by atoms with van der Waals surface area (Å²) in [6.07, 6.45) is 4.56. The normalized spacial score (nSPS) is 27.1. The lowest BCUT2D eigenvalue weighted by Crippen LogP contribution is -2.43. The number of amides is 1. The molecule has 1 fully saturated rings. The van der Waals surface area contributed by atoms with Crippen molar-refractivity contribution in [3.63, 3.8) is 0 Å². The number of halogens is 2. The number of hydrogen-bond donors (Lipinski definition) is 1. The van der Waals surface area contributed by atoms with Crippen LogP contribution in [0.3, 0.4) is 0 Å². The van der Waals surface area contributed by atoms with E-state index in [0.717, 1.165) is 12.8 Å². The molecule has 1 aliphatic carbocycles. The van der Waals surface area contributed by atoms with Crippen LogP contribution in [0.5, 0.6) is 0 Å². The van der Waals surface area contributed by atoms with Crippen molar-refractivity contribution in [2.75, 3.05) is 0 Å². The zero-order valence-corrected chi connectivity index (χ0v) is 11.9. The maximum Gasteiger partial charge on any atom is 0.254 e. The molecule has 0 aromatic carbocycles. The van der Waals surface area contributed by atoms with E-state index in [1.165, 1.54) is 18.7 Å². The lowest BCUT2D eigenvalue weighted by Gasteiger charge is -2.34. The third-order valence-corrected chi connectivity index (χ3v) is 4.38. The van der Waals surface area contributed by atoms with E-state index in [2.05, 4.69) is 24.1 Å². The fourth-order valence-electron chi connectivity index (χ4n) is 2.63. The molecule has 0 spiro atoms. The molecule has 1 N–H and O–H groups in total. The number of hydrogen-bond acceptors (Lipinski definition) is 2. The molecular formula is C14H18ClFN2O. The first-order chi connectivity index (χ1) is 9.00. The molecule has 0 saturated heterocycles. The Labute approximate surface area is 117 Å². The van der Waals surface area contributed by atoms with Gasteiger partial charge in [0.15, 0.2) is 11.0 Å². The first-order valence-electron chi connectivity index (χ1n) is 6.61. The smallest absolute Gasteiger partial charge is 0.254 e. The summed E-state index contributed by atoms with van der Waals surface area (Å²) in [5.74, 6) is -0.186. The molecule has 1 amide bonds. The molecule has 19 heavy (non-hydrogen) atoms. The van der Waals surface area contributed by atoms with E-state index in [1.54, 1.807) is 0 Å². The van der Waals surface area contributed by atoms with Gasteiger partial charge in [-0.2, -0.15) is 0 Å². The van der Waals surface area contributed by atoms with Gasteiger partial charge in [-0.15, -0.1) is 0 Å². The van der Waals surface area contributed by atoms with Gasteiger partial charge in [-0.1, -0.05) is 38.3 Å². The molecule has 2 rings (SSSR count). The zero-order chi connectivity index (χ0) is 14.0. The number of carbonyl (C=O) groups is 1. The summed E-state index contributed by atoms with van der Waals surface area (Å²) in [7, 11) is 0. The molecule has 3 unspecified atom stereocenters. The first-order valence-corrected chi connectivity index (χ1v) is 6.99. The van der Waals surface area contributed by atoms with Crippen LogP contribution in [-0.4, -0.2) is 16.9 Å². The van der Waals surface area contributed by atoms with Gasteiger partial charge in [-0.25, -0.2) is 9.37 Å². The summed E-state index contributed by atoms with van der Waals surface area (Å²) in [4.78, 5) is 15.7. The molecule has 3 nitrogen and oxygen atoms in total. The van der Waals surface area contributed by atoms with Crippen molar-refractivity contribution in [1.82, 2.24) is 10.3 Å².